The molecule has 0 bridgehead atoms. The molecule has 1 aliphatic rings. The first-order valence-corrected chi connectivity index (χ1v) is 13.8. The number of primary amides is 1. The largest absolute Gasteiger partial charge is 0.486 e. The highest BCUT2D eigenvalue weighted by Gasteiger charge is 2.35. The third kappa shape index (κ3) is 6.78. The molecule has 1 fully saturated rings. The van der Waals surface area contributed by atoms with Crippen LogP contribution in [-0.4, -0.2) is 74.4 Å². The fraction of sp³-hybridized carbons (Fsp3) is 0.522. The Morgan fingerprint density at radius 1 is 1.26 bits per heavy atom. The number of carbonyl (C=O) groups excluding carboxylic acids is 2. The van der Waals surface area contributed by atoms with Crippen molar-refractivity contribution < 1.29 is 27.7 Å². The number of hydrogen-bond acceptors (Lipinski definition) is 6. The quantitative estimate of drug-likeness (QED) is 0.594. The van der Waals surface area contributed by atoms with Crippen LogP contribution in [0.15, 0.2) is 30.6 Å². The normalized spacial score (nSPS) is 19.5. The standard InChI is InChI=1S/C23H33FN4O5S/c1-23(2,3)33-22(30)27-9-8-20(18(24)13-27)32-19-7-6-15(10-17(19)21(25)29)16-11-26-28(12-16)14-34(4,5)31/h6-7,10-12,18,20,34H,8-9,13-14H2,1-5H3,(H2,25,29)/t18-,20-/m0/s1. The summed E-state index contributed by atoms with van der Waals surface area (Å²) >= 11 is 0. The van der Waals surface area contributed by atoms with Gasteiger partial charge in [-0.1, -0.05) is 16.0 Å². The molecule has 1 aromatic heterocycles. The predicted molar refractivity (Wildman–Crippen MR) is 129 cm³/mol. The lowest BCUT2D eigenvalue weighted by atomic mass is 10.0. The fourth-order valence-corrected chi connectivity index (χ4v) is 4.47. The first-order chi connectivity index (χ1) is 15.7. The van der Waals surface area contributed by atoms with Crippen molar-refractivity contribution in [1.29, 1.82) is 0 Å². The second kappa shape index (κ2) is 9.73. The van der Waals surface area contributed by atoms with Gasteiger partial charge in [0.05, 0.1) is 24.2 Å². The van der Waals surface area contributed by atoms with Crippen LogP contribution >= 0.6 is 0 Å². The number of benzene rings is 1. The number of amides is 2. The second-order valence-electron chi connectivity index (χ2n) is 9.95. The van der Waals surface area contributed by atoms with Crippen molar-refractivity contribution >= 4 is 21.9 Å². The molecule has 0 aliphatic carbocycles. The average molecular weight is 497 g/mol. The number of piperidine rings is 1. The van der Waals surface area contributed by atoms with E-state index in [2.05, 4.69) is 5.10 Å². The molecule has 1 aromatic carbocycles. The van der Waals surface area contributed by atoms with Crippen LogP contribution in [0.5, 0.6) is 5.75 Å². The number of rotatable bonds is 6. The highest BCUT2D eigenvalue weighted by atomic mass is 32.2. The number of nitrogens with two attached hydrogens (primary N) is 1. The molecule has 0 spiro atoms. The van der Waals surface area contributed by atoms with Gasteiger partial charge in [-0.2, -0.15) is 5.10 Å². The van der Waals surface area contributed by atoms with Gasteiger partial charge in [0.2, 0.25) is 0 Å². The molecule has 3 rings (SSSR count). The molecule has 1 aliphatic heterocycles. The van der Waals surface area contributed by atoms with Crippen molar-refractivity contribution in [2.24, 2.45) is 5.73 Å². The van der Waals surface area contributed by atoms with Gasteiger partial charge < -0.3 is 20.1 Å². The number of halogens is 1. The Morgan fingerprint density at radius 2 is 1.97 bits per heavy atom. The molecule has 1 saturated heterocycles. The average Bonchev–Trinajstić information content (AvgIpc) is 3.14. The summed E-state index contributed by atoms with van der Waals surface area (Å²) in [4.78, 5) is 25.7. The summed E-state index contributed by atoms with van der Waals surface area (Å²) in [5, 5.41) is 4.23. The first-order valence-electron chi connectivity index (χ1n) is 11.0. The number of ether oxygens (including phenoxy) is 2. The highest BCUT2D eigenvalue weighted by molar-refractivity contribution is 8.00. The van der Waals surface area contributed by atoms with Crippen molar-refractivity contribution in [2.45, 2.75) is 50.9 Å². The Hall–Kier alpha value is -2.95. The molecule has 0 radical (unpaired) electrons. The smallest absolute Gasteiger partial charge is 0.410 e. The lowest BCUT2D eigenvalue weighted by molar-refractivity contribution is -0.0106. The van der Waals surface area contributed by atoms with E-state index in [1.54, 1.807) is 68.6 Å². The van der Waals surface area contributed by atoms with Crippen LogP contribution in [0.25, 0.3) is 11.1 Å². The number of likely N-dealkylation sites (tertiary alicyclic amines) is 1. The highest BCUT2D eigenvalue weighted by Crippen LogP contribution is 2.30. The van der Waals surface area contributed by atoms with E-state index in [0.717, 1.165) is 5.56 Å². The monoisotopic (exact) mass is 496 g/mol. The minimum absolute atomic E-state index is 0.115. The van der Waals surface area contributed by atoms with Gasteiger partial charge in [0.15, 0.2) is 6.17 Å². The number of hydrogen-bond donors (Lipinski definition) is 2. The van der Waals surface area contributed by atoms with E-state index in [0.29, 0.717) is 11.4 Å². The van der Waals surface area contributed by atoms with E-state index in [1.807, 2.05) is 0 Å². The zero-order valence-electron chi connectivity index (χ0n) is 20.2. The maximum atomic E-state index is 14.9. The summed E-state index contributed by atoms with van der Waals surface area (Å²) in [7, 11) is -2.31. The summed E-state index contributed by atoms with van der Waals surface area (Å²) < 4.78 is 39.7. The van der Waals surface area contributed by atoms with Crippen LogP contribution in [0.4, 0.5) is 9.18 Å². The topological polar surface area (TPSA) is 117 Å². The summed E-state index contributed by atoms with van der Waals surface area (Å²) in [5.41, 5.74) is 6.41. The van der Waals surface area contributed by atoms with Crippen LogP contribution in [0, 0.1) is 0 Å². The van der Waals surface area contributed by atoms with Crippen molar-refractivity contribution in [3.05, 3.63) is 36.2 Å². The second-order valence-corrected chi connectivity index (χ2v) is 13.4. The number of aromatic nitrogens is 2. The molecule has 2 aromatic rings. The SMILES string of the molecule is CC(C)(C)OC(=O)N1CC[C@H](Oc2ccc(-c3cnn(C[SH](C)(C)=O)c3)cc2C(N)=O)[C@@H](F)C1. The van der Waals surface area contributed by atoms with E-state index in [1.165, 1.54) is 4.90 Å². The van der Waals surface area contributed by atoms with Gasteiger partial charge in [-0.3, -0.25) is 13.7 Å². The molecule has 11 heteroatoms. The molecule has 9 nitrogen and oxygen atoms in total. The maximum Gasteiger partial charge on any atom is 0.410 e. The molecule has 0 unspecified atom stereocenters. The Bertz CT molecular complexity index is 1110. The van der Waals surface area contributed by atoms with Gasteiger partial charge >= 0.3 is 6.09 Å². The van der Waals surface area contributed by atoms with Gasteiger partial charge in [-0.15, -0.1) is 0 Å². The van der Waals surface area contributed by atoms with Crippen LogP contribution in [-0.2, 0) is 20.5 Å². The maximum absolute atomic E-state index is 14.9. The number of alkyl halides is 1. The first kappa shape index (κ1) is 25.7. The molecule has 0 saturated carbocycles. The molecule has 2 amide bonds. The van der Waals surface area contributed by atoms with E-state index in [9.17, 15) is 18.2 Å². The van der Waals surface area contributed by atoms with Crippen molar-refractivity contribution in [1.82, 2.24) is 14.7 Å². The summed E-state index contributed by atoms with van der Waals surface area (Å²) in [6.07, 6.45) is 4.08. The summed E-state index contributed by atoms with van der Waals surface area (Å²) in [6.45, 7) is 5.35. The molecular weight excluding hydrogens is 463 g/mol. The Kier molecular flexibility index (Phi) is 7.35. The van der Waals surface area contributed by atoms with E-state index in [-0.39, 0.29) is 30.8 Å². The van der Waals surface area contributed by atoms with Crippen molar-refractivity contribution in [3.63, 3.8) is 0 Å². The molecule has 188 valence electrons. The van der Waals surface area contributed by atoms with E-state index >= 15 is 0 Å². The molecule has 34 heavy (non-hydrogen) atoms. The summed E-state index contributed by atoms with van der Waals surface area (Å²) in [5.74, 6) is -0.234. The molecule has 2 N–H and O–H groups in total. The van der Waals surface area contributed by atoms with Gasteiger partial charge in [0.25, 0.3) is 5.91 Å². The van der Waals surface area contributed by atoms with E-state index < -0.39 is 39.8 Å². The molecule has 2 atom stereocenters. The Labute approximate surface area is 199 Å². The number of thiol groups is 1. The Balaban J connectivity index is 1.73. The fourth-order valence-electron chi connectivity index (χ4n) is 3.62. The van der Waals surface area contributed by atoms with Crippen LogP contribution in [0.2, 0.25) is 0 Å². The lowest BCUT2D eigenvalue weighted by Crippen LogP contribution is -2.50. The van der Waals surface area contributed by atoms with E-state index in [4.69, 9.17) is 15.2 Å². The number of nitrogens with zero attached hydrogens (tertiary/aromatic N) is 3. The van der Waals surface area contributed by atoms with Crippen LogP contribution in [0.1, 0.15) is 37.6 Å². The van der Waals surface area contributed by atoms with Crippen molar-refractivity contribution in [3.8, 4) is 16.9 Å². The minimum atomic E-state index is -2.31. The minimum Gasteiger partial charge on any atom is -0.486 e. The molecular formula is C23H33FN4O5S. The predicted octanol–water partition coefficient (Wildman–Crippen LogP) is 2.61. The number of carbonyl (C=O) groups is 2. The third-order valence-corrected chi connectivity index (χ3v) is 6.08. The van der Waals surface area contributed by atoms with Crippen LogP contribution in [0.3, 0.4) is 0 Å². The van der Waals surface area contributed by atoms with Crippen molar-refractivity contribution in [2.75, 3.05) is 25.6 Å². The molecule has 2 heterocycles. The zero-order valence-corrected chi connectivity index (χ0v) is 21.0. The third-order valence-electron chi connectivity index (χ3n) is 5.11. The zero-order chi connectivity index (χ0) is 25.3. The lowest BCUT2D eigenvalue weighted by Gasteiger charge is -2.35. The van der Waals surface area contributed by atoms with Gasteiger partial charge in [-0.05, 0) is 51.0 Å². The van der Waals surface area contributed by atoms with Gasteiger partial charge in [0, 0.05) is 24.7 Å². The van der Waals surface area contributed by atoms with Crippen LogP contribution < -0.4 is 10.5 Å². The summed E-state index contributed by atoms with van der Waals surface area (Å²) in [6, 6.07) is 4.87. The van der Waals surface area contributed by atoms with Gasteiger partial charge in [0.1, 0.15) is 17.5 Å². The Morgan fingerprint density at radius 3 is 2.56 bits per heavy atom. The van der Waals surface area contributed by atoms with Gasteiger partial charge in [-0.25, -0.2) is 9.18 Å².